The third-order valence-corrected chi connectivity index (χ3v) is 16.7. The van der Waals surface area contributed by atoms with Crippen molar-refractivity contribution in [3.05, 3.63) is 74.1 Å². The molecule has 2 saturated carbocycles. The fraction of sp³-hybridized carbons (Fsp3) is 0.485. The van der Waals surface area contributed by atoms with E-state index in [0.717, 1.165) is 11.8 Å². The van der Waals surface area contributed by atoms with Crippen LogP contribution < -0.4 is 3.27 Å². The minimum Gasteiger partial charge on any atom is -0.147 e. The van der Waals surface area contributed by atoms with Gasteiger partial charge in [0.1, 0.15) is 0 Å². The molecule has 3 heteroatoms. The zero-order valence-electron chi connectivity index (χ0n) is 22.1. The number of hydrogen-bond acceptors (Lipinski definition) is 0. The van der Waals surface area contributed by atoms with Gasteiger partial charge in [-0.05, 0) is 0 Å². The van der Waals surface area contributed by atoms with Crippen LogP contribution >= 0.6 is 24.8 Å². The first-order valence-corrected chi connectivity index (χ1v) is 17.7. The molecular weight excluding hydrogens is 558 g/mol. The summed E-state index contributed by atoms with van der Waals surface area (Å²) in [5, 5.41) is 0. The second-order valence-electron chi connectivity index (χ2n) is 11.5. The molecule has 4 aliphatic carbocycles. The summed E-state index contributed by atoms with van der Waals surface area (Å²) in [6.45, 7) is 4.92. The molecule has 0 unspecified atom stereocenters. The molecule has 2 aromatic carbocycles. The van der Waals surface area contributed by atoms with Crippen LogP contribution in [0.15, 0.2) is 51.8 Å². The van der Waals surface area contributed by atoms with E-state index in [0.29, 0.717) is 0 Å². The van der Waals surface area contributed by atoms with Gasteiger partial charge < -0.3 is 0 Å². The summed E-state index contributed by atoms with van der Waals surface area (Å²) in [7, 11) is 0. The normalized spacial score (nSPS) is 19.1. The summed E-state index contributed by atoms with van der Waals surface area (Å²) in [5.41, 5.74) is 9.87. The molecule has 6 rings (SSSR count). The Hall–Kier alpha value is -0.747. The van der Waals surface area contributed by atoms with Gasteiger partial charge in [-0.25, -0.2) is 0 Å². The van der Waals surface area contributed by atoms with Gasteiger partial charge in [0.2, 0.25) is 0 Å². The Balaban J connectivity index is 0.00000152. The van der Waals surface area contributed by atoms with Crippen molar-refractivity contribution >= 4 is 31.3 Å². The summed E-state index contributed by atoms with van der Waals surface area (Å²) >= 11 is -2.08. The third kappa shape index (κ3) is 5.37. The Kier molecular flexibility index (Phi) is 9.74. The third-order valence-electron chi connectivity index (χ3n) is 9.10. The number of benzene rings is 2. The van der Waals surface area contributed by atoms with Crippen molar-refractivity contribution in [3.8, 4) is 11.1 Å². The maximum atomic E-state index is 2.62. The molecule has 4 aliphatic rings. The molecule has 36 heavy (non-hydrogen) atoms. The van der Waals surface area contributed by atoms with Gasteiger partial charge in [-0.1, -0.05) is 0 Å². The second-order valence-corrected chi connectivity index (χ2v) is 18.6. The summed E-state index contributed by atoms with van der Waals surface area (Å²) in [5.74, 6) is 1.59. The Labute approximate surface area is 239 Å². The van der Waals surface area contributed by atoms with Gasteiger partial charge in [-0.15, -0.1) is 24.8 Å². The molecular formula is C33H42Cl2Zr. The van der Waals surface area contributed by atoms with Crippen LogP contribution in [0.3, 0.4) is 0 Å². The topological polar surface area (TPSA) is 0 Å². The van der Waals surface area contributed by atoms with Gasteiger partial charge in [0.25, 0.3) is 0 Å². The molecule has 0 nitrogen and oxygen atoms in total. The van der Waals surface area contributed by atoms with Gasteiger partial charge in [-0.2, -0.15) is 0 Å². The van der Waals surface area contributed by atoms with Crippen LogP contribution in [0.2, 0.25) is 0 Å². The molecule has 2 fully saturated rings. The first-order chi connectivity index (χ1) is 16.7. The second kappa shape index (κ2) is 12.4. The van der Waals surface area contributed by atoms with Crippen molar-refractivity contribution in [2.24, 2.45) is 0 Å². The smallest absolute Gasteiger partial charge is 0.147 e. The summed E-state index contributed by atoms with van der Waals surface area (Å²) < 4.78 is 5.44. The SMILES string of the molecule is C[C](C)=[Zr]([C]1=CC=CC1)[c]1c(C2CCCCC2)ccc2c1Cc1cc(C3CCCCC3)ccc1-2.Cl.Cl. The van der Waals surface area contributed by atoms with Crippen LogP contribution in [0.4, 0.5) is 0 Å². The number of allylic oxidation sites excluding steroid dienone is 4. The largest absolute Gasteiger partial charge is 0.147 e. The standard InChI is InChI=1S/C25H29.C5H5.C3H6.2ClH.Zr/c1-3-7-18(8-4-1)20-11-13-24-22(15-20)17-23-16-21(12-14-25(23)24)19-9-5-2-6-10-19;1-2-4-5-3-1;1-3-2;;;/h11-15,18-19H,1-10,17H2;1-3H,4H2;1-2H3;2*1H;. The van der Waals surface area contributed by atoms with E-state index < -0.39 is 21.3 Å². The molecule has 192 valence electrons. The van der Waals surface area contributed by atoms with E-state index in [9.17, 15) is 0 Å². The number of fused-ring (bicyclic) bond motifs is 3. The minimum atomic E-state index is -2.08. The monoisotopic (exact) mass is 598 g/mol. The molecule has 0 N–H and O–H groups in total. The average Bonchev–Trinajstić information content (AvgIpc) is 3.53. The summed E-state index contributed by atoms with van der Waals surface area (Å²) in [6, 6.07) is 12.7. The molecule has 0 bridgehead atoms. The number of rotatable bonds is 4. The van der Waals surface area contributed by atoms with E-state index in [1.165, 1.54) is 77.0 Å². The maximum absolute atomic E-state index is 2.62. The minimum absolute atomic E-state index is 0. The summed E-state index contributed by atoms with van der Waals surface area (Å²) in [6.07, 6.45) is 23.7. The van der Waals surface area contributed by atoms with E-state index in [4.69, 9.17) is 0 Å². The molecule has 0 heterocycles. The zero-order valence-corrected chi connectivity index (χ0v) is 26.2. The van der Waals surface area contributed by atoms with E-state index in [1.807, 2.05) is 3.27 Å². The molecule has 0 spiro atoms. The van der Waals surface area contributed by atoms with E-state index >= 15 is 0 Å². The van der Waals surface area contributed by atoms with Gasteiger partial charge in [0, 0.05) is 0 Å². The van der Waals surface area contributed by atoms with Crippen molar-refractivity contribution < 1.29 is 21.3 Å². The Morgan fingerprint density at radius 2 is 1.44 bits per heavy atom. The van der Waals surface area contributed by atoms with E-state index in [2.05, 4.69) is 62.4 Å². The van der Waals surface area contributed by atoms with Crippen LogP contribution in [0.5, 0.6) is 0 Å². The predicted octanol–water partition coefficient (Wildman–Crippen LogP) is 9.50. The van der Waals surface area contributed by atoms with Crippen LogP contribution in [0, 0.1) is 0 Å². The zero-order chi connectivity index (χ0) is 23.1. The van der Waals surface area contributed by atoms with E-state index in [1.54, 1.807) is 39.9 Å². The van der Waals surface area contributed by atoms with Gasteiger partial charge in [-0.3, -0.25) is 0 Å². The predicted molar refractivity (Wildman–Crippen MR) is 159 cm³/mol. The van der Waals surface area contributed by atoms with Crippen LogP contribution in [-0.4, -0.2) is 3.21 Å². The van der Waals surface area contributed by atoms with Crippen LogP contribution in [-0.2, 0) is 27.7 Å². The summed E-state index contributed by atoms with van der Waals surface area (Å²) in [4.78, 5) is 0. The van der Waals surface area contributed by atoms with E-state index in [-0.39, 0.29) is 24.8 Å². The number of hydrogen-bond donors (Lipinski definition) is 0. The van der Waals surface area contributed by atoms with Crippen molar-refractivity contribution in [2.75, 3.05) is 0 Å². The first-order valence-electron chi connectivity index (χ1n) is 14.0. The van der Waals surface area contributed by atoms with Crippen LogP contribution in [0.25, 0.3) is 11.1 Å². The maximum Gasteiger partial charge on any atom is -0.147 e. The van der Waals surface area contributed by atoms with Gasteiger partial charge in [0.05, 0.1) is 0 Å². The Morgan fingerprint density at radius 1 is 0.778 bits per heavy atom. The molecule has 0 amide bonds. The van der Waals surface area contributed by atoms with Crippen molar-refractivity contribution in [3.63, 3.8) is 0 Å². The Bertz CT molecular complexity index is 1190. The van der Waals surface area contributed by atoms with Crippen LogP contribution in [0.1, 0.15) is 119 Å². The molecule has 0 atom stereocenters. The fourth-order valence-electron chi connectivity index (χ4n) is 7.42. The quantitative estimate of drug-likeness (QED) is 0.280. The Morgan fingerprint density at radius 3 is 2.08 bits per heavy atom. The molecule has 0 aromatic heterocycles. The number of halogens is 2. The van der Waals surface area contributed by atoms with Gasteiger partial charge in [0.15, 0.2) is 0 Å². The van der Waals surface area contributed by atoms with Crippen molar-refractivity contribution in [1.82, 2.24) is 0 Å². The molecule has 0 aliphatic heterocycles. The van der Waals surface area contributed by atoms with Crippen molar-refractivity contribution in [1.29, 1.82) is 0 Å². The fourth-order valence-corrected chi connectivity index (χ4v) is 15.2. The first kappa shape index (κ1) is 28.3. The molecule has 2 aromatic rings. The molecule has 0 radical (unpaired) electrons. The van der Waals surface area contributed by atoms with Gasteiger partial charge >= 0.3 is 216 Å². The average molecular weight is 601 g/mol. The molecule has 0 saturated heterocycles. The van der Waals surface area contributed by atoms with Crippen molar-refractivity contribution in [2.45, 2.75) is 103 Å².